The molecular weight excluding hydrogens is 372 g/mol. The molecule has 3 aromatic rings. The number of para-hydroxylation sites is 1. The summed E-state index contributed by atoms with van der Waals surface area (Å²) in [6, 6.07) is 19.5. The van der Waals surface area contributed by atoms with Gasteiger partial charge in [-0.1, -0.05) is 60.3 Å². The van der Waals surface area contributed by atoms with Gasteiger partial charge in [0.25, 0.3) is 0 Å². The molecule has 1 aromatic heterocycles. The molecule has 28 heavy (non-hydrogen) atoms. The zero-order valence-electron chi connectivity index (χ0n) is 16.0. The number of nitrogens with one attached hydrogen (secondary N) is 1. The number of hydrogen-bond acceptors (Lipinski definition) is 5. The lowest BCUT2D eigenvalue weighted by molar-refractivity contribution is -0.119. The molecule has 1 atom stereocenters. The number of nitrogens with zero attached hydrogens (tertiary/aromatic N) is 3. The van der Waals surface area contributed by atoms with E-state index in [2.05, 4.69) is 15.5 Å². The Morgan fingerprint density at radius 3 is 2.46 bits per heavy atom. The van der Waals surface area contributed by atoms with Crippen LogP contribution in [0.3, 0.4) is 0 Å². The molecule has 6 nitrogen and oxygen atoms in total. The van der Waals surface area contributed by atoms with E-state index in [9.17, 15) is 4.79 Å². The Hall–Kier alpha value is -2.80. The van der Waals surface area contributed by atoms with Crippen LogP contribution in [0, 0.1) is 0 Å². The third-order valence-corrected chi connectivity index (χ3v) is 5.20. The molecule has 1 N–H and O–H groups in total. The molecule has 0 radical (unpaired) electrons. The first-order valence-electron chi connectivity index (χ1n) is 9.24. The molecule has 1 heterocycles. The fraction of sp³-hybridized carbons (Fsp3) is 0.286. The molecular formula is C21H24N4O2S. The summed E-state index contributed by atoms with van der Waals surface area (Å²) in [5.74, 6) is 1.78. The monoisotopic (exact) mass is 396 g/mol. The van der Waals surface area contributed by atoms with Gasteiger partial charge in [-0.25, -0.2) is 0 Å². The Bertz CT molecular complexity index is 884. The van der Waals surface area contributed by atoms with Gasteiger partial charge in [-0.05, 0) is 31.5 Å². The average Bonchev–Trinajstić information content (AvgIpc) is 3.14. The largest absolute Gasteiger partial charge is 0.486 e. The van der Waals surface area contributed by atoms with Crippen molar-refractivity contribution in [3.63, 3.8) is 0 Å². The quantitative estimate of drug-likeness (QED) is 0.557. The molecule has 3 rings (SSSR count). The minimum absolute atomic E-state index is 0.0332. The van der Waals surface area contributed by atoms with E-state index in [1.165, 1.54) is 11.8 Å². The molecule has 0 unspecified atom stereocenters. The Labute approximate surface area is 169 Å². The van der Waals surface area contributed by atoms with E-state index in [0.717, 1.165) is 22.3 Å². The average molecular weight is 397 g/mol. The highest BCUT2D eigenvalue weighted by Gasteiger charge is 2.15. The third-order valence-electron chi connectivity index (χ3n) is 4.23. The maximum atomic E-state index is 12.3. The Balaban J connectivity index is 1.54. The van der Waals surface area contributed by atoms with E-state index in [1.54, 1.807) is 0 Å². The molecule has 0 bridgehead atoms. The minimum Gasteiger partial charge on any atom is -0.486 e. The summed E-state index contributed by atoms with van der Waals surface area (Å²) >= 11 is 1.38. The van der Waals surface area contributed by atoms with Crippen molar-refractivity contribution >= 4 is 17.7 Å². The molecule has 0 saturated heterocycles. The predicted molar refractivity (Wildman–Crippen MR) is 110 cm³/mol. The van der Waals surface area contributed by atoms with Crippen molar-refractivity contribution in [3.05, 3.63) is 72.1 Å². The van der Waals surface area contributed by atoms with Crippen LogP contribution in [0.15, 0.2) is 65.8 Å². The molecule has 0 aliphatic rings. The van der Waals surface area contributed by atoms with Gasteiger partial charge in [0.2, 0.25) is 5.91 Å². The predicted octanol–water partition coefficient (Wildman–Crippen LogP) is 3.85. The first-order chi connectivity index (χ1) is 13.7. The summed E-state index contributed by atoms with van der Waals surface area (Å²) in [5, 5.41) is 12.2. The zero-order valence-corrected chi connectivity index (χ0v) is 16.9. The lowest BCUT2D eigenvalue weighted by atomic mass is 10.1. The highest BCUT2D eigenvalue weighted by molar-refractivity contribution is 7.99. The van der Waals surface area contributed by atoms with Gasteiger partial charge in [-0.2, -0.15) is 0 Å². The number of aromatic nitrogens is 3. The molecule has 0 saturated carbocycles. The number of ether oxygens (including phenoxy) is 1. The van der Waals surface area contributed by atoms with Crippen LogP contribution in [-0.4, -0.2) is 26.4 Å². The molecule has 1 amide bonds. The van der Waals surface area contributed by atoms with Gasteiger partial charge >= 0.3 is 0 Å². The fourth-order valence-electron chi connectivity index (χ4n) is 2.75. The normalized spacial score (nSPS) is 11.8. The zero-order chi connectivity index (χ0) is 19.8. The summed E-state index contributed by atoms with van der Waals surface area (Å²) in [6.45, 7) is 5.05. The Morgan fingerprint density at radius 1 is 1.11 bits per heavy atom. The third kappa shape index (κ3) is 5.36. The van der Waals surface area contributed by atoms with Crippen molar-refractivity contribution in [2.45, 2.75) is 38.2 Å². The first-order valence-corrected chi connectivity index (χ1v) is 10.2. The van der Waals surface area contributed by atoms with E-state index >= 15 is 0 Å². The van der Waals surface area contributed by atoms with Crippen LogP contribution in [0.5, 0.6) is 5.75 Å². The van der Waals surface area contributed by atoms with Crippen LogP contribution in [-0.2, 0) is 17.9 Å². The number of carbonyl (C=O) groups is 1. The topological polar surface area (TPSA) is 69.0 Å². The lowest BCUT2D eigenvalue weighted by Crippen LogP contribution is -2.28. The van der Waals surface area contributed by atoms with Crippen molar-refractivity contribution in [1.82, 2.24) is 20.1 Å². The summed E-state index contributed by atoms with van der Waals surface area (Å²) in [4.78, 5) is 12.3. The van der Waals surface area contributed by atoms with Crippen molar-refractivity contribution in [1.29, 1.82) is 0 Å². The van der Waals surface area contributed by atoms with Crippen molar-refractivity contribution < 1.29 is 9.53 Å². The van der Waals surface area contributed by atoms with Crippen LogP contribution in [0.1, 0.15) is 31.3 Å². The maximum Gasteiger partial charge on any atom is 0.230 e. The SMILES string of the molecule is CCn1c(COc2ccccc2)nnc1SCC(=O)N[C@@H](C)c1ccccc1. The van der Waals surface area contributed by atoms with Gasteiger partial charge in [0, 0.05) is 6.54 Å². The van der Waals surface area contributed by atoms with Gasteiger partial charge in [0.05, 0.1) is 11.8 Å². The second kappa shape index (κ2) is 9.94. The van der Waals surface area contributed by atoms with E-state index in [1.807, 2.05) is 79.1 Å². The van der Waals surface area contributed by atoms with Crippen molar-refractivity contribution in [2.24, 2.45) is 0 Å². The van der Waals surface area contributed by atoms with Gasteiger partial charge in [-0.3, -0.25) is 4.79 Å². The van der Waals surface area contributed by atoms with Crippen molar-refractivity contribution in [3.8, 4) is 5.75 Å². The second-order valence-corrected chi connectivity index (χ2v) is 7.18. The molecule has 0 spiro atoms. The second-order valence-electron chi connectivity index (χ2n) is 6.23. The van der Waals surface area contributed by atoms with Gasteiger partial charge in [0.1, 0.15) is 12.4 Å². The van der Waals surface area contributed by atoms with E-state index in [-0.39, 0.29) is 17.7 Å². The van der Waals surface area contributed by atoms with E-state index in [0.29, 0.717) is 13.2 Å². The van der Waals surface area contributed by atoms with Crippen molar-refractivity contribution in [2.75, 3.05) is 5.75 Å². The van der Waals surface area contributed by atoms with E-state index < -0.39 is 0 Å². The maximum absolute atomic E-state index is 12.3. The van der Waals surface area contributed by atoms with Crippen LogP contribution >= 0.6 is 11.8 Å². The van der Waals surface area contributed by atoms with Crippen LogP contribution in [0.2, 0.25) is 0 Å². The Kier molecular flexibility index (Phi) is 7.08. The molecule has 0 fully saturated rings. The van der Waals surface area contributed by atoms with Gasteiger partial charge in [0.15, 0.2) is 11.0 Å². The summed E-state index contributed by atoms with van der Waals surface area (Å²) in [5.41, 5.74) is 1.08. The summed E-state index contributed by atoms with van der Waals surface area (Å²) in [7, 11) is 0. The summed E-state index contributed by atoms with van der Waals surface area (Å²) < 4.78 is 7.74. The number of benzene rings is 2. The number of hydrogen-bond donors (Lipinski definition) is 1. The molecule has 0 aliphatic heterocycles. The highest BCUT2D eigenvalue weighted by atomic mass is 32.2. The number of thioether (sulfide) groups is 1. The number of carbonyl (C=O) groups excluding carboxylic acids is 1. The molecule has 146 valence electrons. The molecule has 7 heteroatoms. The smallest absolute Gasteiger partial charge is 0.230 e. The number of rotatable bonds is 9. The Morgan fingerprint density at radius 2 is 1.79 bits per heavy atom. The summed E-state index contributed by atoms with van der Waals surface area (Å²) in [6.07, 6.45) is 0. The van der Waals surface area contributed by atoms with Gasteiger partial charge < -0.3 is 14.6 Å². The molecule has 2 aromatic carbocycles. The number of amides is 1. The van der Waals surface area contributed by atoms with Crippen LogP contribution in [0.4, 0.5) is 0 Å². The molecule has 0 aliphatic carbocycles. The lowest BCUT2D eigenvalue weighted by Gasteiger charge is -2.14. The minimum atomic E-state index is -0.0341. The van der Waals surface area contributed by atoms with Gasteiger partial charge in [-0.15, -0.1) is 10.2 Å². The highest BCUT2D eigenvalue weighted by Crippen LogP contribution is 2.19. The van der Waals surface area contributed by atoms with Crippen LogP contribution in [0.25, 0.3) is 0 Å². The van der Waals surface area contributed by atoms with Crippen LogP contribution < -0.4 is 10.1 Å². The van der Waals surface area contributed by atoms with E-state index in [4.69, 9.17) is 4.74 Å². The fourth-order valence-corrected chi connectivity index (χ4v) is 3.59. The first kappa shape index (κ1) is 19.9. The standard InChI is InChI=1S/C21H24N4O2S/c1-3-25-19(14-27-18-12-8-5-9-13-18)23-24-21(25)28-15-20(26)22-16(2)17-10-6-4-7-11-17/h4-13,16H,3,14-15H2,1-2H3,(H,22,26)/t16-/m0/s1.